The number of likely N-dealkylation sites (tertiary alicyclic amines) is 1. The molecule has 1 saturated heterocycles. The number of nitrogens with one attached hydrogen (secondary N) is 1. The van der Waals surface area contributed by atoms with Gasteiger partial charge < -0.3 is 19.7 Å². The van der Waals surface area contributed by atoms with Crippen molar-refractivity contribution < 1.29 is 19.1 Å². The number of alkyl carbamates (subject to hydrolysis) is 1. The predicted molar refractivity (Wildman–Crippen MR) is 117 cm³/mol. The summed E-state index contributed by atoms with van der Waals surface area (Å²) in [6.07, 6.45) is 1.65. The fourth-order valence-corrected chi connectivity index (χ4v) is 3.98. The van der Waals surface area contributed by atoms with Crippen LogP contribution in [0.1, 0.15) is 45.6 Å². The molecule has 2 rings (SSSR count). The molecule has 7 heteroatoms. The maximum atomic E-state index is 12.4. The lowest BCUT2D eigenvalue weighted by atomic mass is 10.1. The van der Waals surface area contributed by atoms with Gasteiger partial charge in [0.25, 0.3) is 0 Å². The van der Waals surface area contributed by atoms with E-state index in [1.165, 1.54) is 0 Å². The van der Waals surface area contributed by atoms with Crippen molar-refractivity contribution in [2.45, 2.75) is 64.8 Å². The average molecular weight is 419 g/mol. The smallest absolute Gasteiger partial charge is 0.408 e. The van der Waals surface area contributed by atoms with E-state index < -0.39 is 18.1 Å². The number of esters is 1. The van der Waals surface area contributed by atoms with Crippen molar-refractivity contribution in [1.82, 2.24) is 10.2 Å². The fourth-order valence-electron chi connectivity index (χ4n) is 3.48. The van der Waals surface area contributed by atoms with E-state index in [9.17, 15) is 9.59 Å². The first kappa shape index (κ1) is 22.9. The summed E-state index contributed by atoms with van der Waals surface area (Å²) >= 11 is 5.72. The highest BCUT2D eigenvalue weighted by Crippen LogP contribution is 2.26. The molecule has 1 heterocycles. The minimum atomic E-state index is -0.586. The Morgan fingerprint density at radius 3 is 2.41 bits per heavy atom. The van der Waals surface area contributed by atoms with Crippen LogP contribution < -0.4 is 5.32 Å². The molecule has 1 aromatic carbocycles. The largest absolute Gasteiger partial charge is 0.463 e. The molecular formula is C22H30N2O4S. The molecule has 0 saturated carbocycles. The molecule has 0 spiro atoms. The second-order valence-electron chi connectivity index (χ2n) is 7.31. The average Bonchev–Trinajstić information content (AvgIpc) is 3.04. The third-order valence-electron chi connectivity index (χ3n) is 5.02. The van der Waals surface area contributed by atoms with Gasteiger partial charge >= 0.3 is 12.1 Å². The lowest BCUT2D eigenvalue weighted by Crippen LogP contribution is -2.51. The Balaban J connectivity index is 2.06. The summed E-state index contributed by atoms with van der Waals surface area (Å²) < 4.78 is 10.4. The van der Waals surface area contributed by atoms with Gasteiger partial charge in [-0.3, -0.25) is 0 Å². The number of ether oxygens (including phenoxy) is 2. The Kier molecular flexibility index (Phi) is 8.64. The molecule has 158 valence electrons. The van der Waals surface area contributed by atoms with Crippen LogP contribution in [0, 0.1) is 0 Å². The number of amides is 1. The summed E-state index contributed by atoms with van der Waals surface area (Å²) in [5.41, 5.74) is 1.15. The molecule has 0 aliphatic carbocycles. The maximum Gasteiger partial charge on any atom is 0.408 e. The zero-order valence-corrected chi connectivity index (χ0v) is 18.2. The number of hydrogen-bond donors (Lipinski definition) is 1. The molecule has 0 bridgehead atoms. The van der Waals surface area contributed by atoms with Crippen LogP contribution in [0.25, 0.3) is 0 Å². The highest BCUT2D eigenvalue weighted by Gasteiger charge is 2.34. The first-order valence-corrected chi connectivity index (χ1v) is 10.4. The number of rotatable bonds is 8. The second kappa shape index (κ2) is 11.0. The zero-order valence-electron chi connectivity index (χ0n) is 17.3. The van der Waals surface area contributed by atoms with E-state index in [1.54, 1.807) is 6.92 Å². The monoisotopic (exact) mass is 418 g/mol. The molecule has 1 unspecified atom stereocenters. The lowest BCUT2D eigenvalue weighted by molar-refractivity contribution is -0.138. The van der Waals surface area contributed by atoms with Gasteiger partial charge in [-0.05, 0) is 39.2 Å². The van der Waals surface area contributed by atoms with Crippen molar-refractivity contribution in [3.63, 3.8) is 0 Å². The van der Waals surface area contributed by atoms with Gasteiger partial charge in [-0.15, -0.1) is 0 Å². The first-order valence-electron chi connectivity index (χ1n) is 9.97. The summed E-state index contributed by atoms with van der Waals surface area (Å²) in [5, 5.41) is 2.82. The van der Waals surface area contributed by atoms with Crippen LogP contribution in [-0.2, 0) is 20.9 Å². The SMILES string of the molecule is C=C(C[C@H](NC(=O)OCc1ccccc1)C(=S)N1C(C)CC[C@H]1C)C(=O)OCC. The van der Waals surface area contributed by atoms with Crippen molar-refractivity contribution in [3.8, 4) is 0 Å². The summed E-state index contributed by atoms with van der Waals surface area (Å²) in [7, 11) is 0. The lowest BCUT2D eigenvalue weighted by Gasteiger charge is -2.33. The second-order valence-corrected chi connectivity index (χ2v) is 7.73. The quantitative estimate of drug-likeness (QED) is 0.391. The number of thiocarbonyl (C=S) groups is 1. The van der Waals surface area contributed by atoms with Crippen molar-refractivity contribution in [1.29, 1.82) is 0 Å². The van der Waals surface area contributed by atoms with Crippen LogP contribution in [0.5, 0.6) is 0 Å². The summed E-state index contributed by atoms with van der Waals surface area (Å²) in [6, 6.07) is 9.40. The molecule has 1 fully saturated rings. The molecule has 1 aliphatic heterocycles. The van der Waals surface area contributed by atoms with E-state index in [0.717, 1.165) is 18.4 Å². The predicted octanol–water partition coefficient (Wildman–Crippen LogP) is 3.99. The summed E-state index contributed by atoms with van der Waals surface area (Å²) in [6.45, 7) is 10.2. The minimum Gasteiger partial charge on any atom is -0.463 e. The molecule has 0 radical (unpaired) electrons. The van der Waals surface area contributed by atoms with Crippen molar-refractivity contribution >= 4 is 29.3 Å². The number of carbonyl (C=O) groups excluding carboxylic acids is 2. The van der Waals surface area contributed by atoms with Crippen molar-refractivity contribution in [2.75, 3.05) is 6.61 Å². The Morgan fingerprint density at radius 2 is 1.83 bits per heavy atom. The van der Waals surface area contributed by atoms with Crippen LogP contribution in [0.4, 0.5) is 4.79 Å². The van der Waals surface area contributed by atoms with Crippen LogP contribution in [0.3, 0.4) is 0 Å². The van der Waals surface area contributed by atoms with Crippen molar-refractivity contribution in [2.24, 2.45) is 0 Å². The number of hydrogen-bond acceptors (Lipinski definition) is 5. The maximum absolute atomic E-state index is 12.4. The molecule has 1 N–H and O–H groups in total. The van der Waals surface area contributed by atoms with Crippen molar-refractivity contribution in [3.05, 3.63) is 48.0 Å². The first-order chi connectivity index (χ1) is 13.8. The zero-order chi connectivity index (χ0) is 21.4. The summed E-state index contributed by atoms with van der Waals surface area (Å²) in [4.78, 5) is 27.2. The number of nitrogens with zero attached hydrogens (tertiary/aromatic N) is 1. The third kappa shape index (κ3) is 6.56. The standard InChI is InChI=1S/C22H30N2O4S/c1-5-27-21(25)15(2)13-19(20(29)24-16(3)11-12-17(24)4)23-22(26)28-14-18-9-7-6-8-10-18/h6-10,16-17,19H,2,5,11-14H2,1,3-4H3,(H,23,26)/t16-,17?,19+/m1/s1. The Morgan fingerprint density at radius 1 is 1.21 bits per heavy atom. The summed E-state index contributed by atoms with van der Waals surface area (Å²) in [5.74, 6) is -0.484. The van der Waals surface area contributed by atoms with Crippen LogP contribution >= 0.6 is 12.2 Å². The normalized spacial score (nSPS) is 19.3. The fraction of sp³-hybridized carbons (Fsp3) is 0.500. The topological polar surface area (TPSA) is 67.9 Å². The Hall–Kier alpha value is -2.41. The highest BCUT2D eigenvalue weighted by atomic mass is 32.1. The molecule has 0 aromatic heterocycles. The van der Waals surface area contributed by atoms with Gasteiger partial charge in [-0.1, -0.05) is 49.1 Å². The van der Waals surface area contributed by atoms with E-state index >= 15 is 0 Å². The van der Waals surface area contributed by atoms with E-state index in [2.05, 4.69) is 30.6 Å². The highest BCUT2D eigenvalue weighted by molar-refractivity contribution is 7.80. The van der Waals surface area contributed by atoms with Gasteiger partial charge in [0.1, 0.15) is 11.6 Å². The number of carbonyl (C=O) groups is 2. The van der Waals surface area contributed by atoms with Crippen LogP contribution in [-0.4, -0.2) is 46.7 Å². The van der Waals surface area contributed by atoms with Gasteiger partial charge in [-0.25, -0.2) is 9.59 Å². The number of benzene rings is 1. The van der Waals surface area contributed by atoms with Gasteiger partial charge in [0.2, 0.25) is 0 Å². The minimum absolute atomic E-state index is 0.154. The van der Waals surface area contributed by atoms with E-state index in [1.807, 2.05) is 30.3 Å². The molecule has 1 aliphatic rings. The van der Waals surface area contributed by atoms with Gasteiger partial charge in [0.15, 0.2) is 0 Å². The van der Waals surface area contributed by atoms with Crippen LogP contribution in [0.2, 0.25) is 0 Å². The van der Waals surface area contributed by atoms with E-state index in [4.69, 9.17) is 21.7 Å². The van der Waals surface area contributed by atoms with Crippen LogP contribution in [0.15, 0.2) is 42.5 Å². The third-order valence-corrected chi connectivity index (χ3v) is 5.52. The molecule has 6 nitrogen and oxygen atoms in total. The molecule has 1 amide bonds. The molecular weight excluding hydrogens is 388 g/mol. The Labute approximate surface area is 178 Å². The van der Waals surface area contributed by atoms with Gasteiger partial charge in [0, 0.05) is 24.1 Å². The molecule has 29 heavy (non-hydrogen) atoms. The molecule has 1 aromatic rings. The molecule has 3 atom stereocenters. The van der Waals surface area contributed by atoms with Gasteiger partial charge in [-0.2, -0.15) is 0 Å². The van der Waals surface area contributed by atoms with E-state index in [-0.39, 0.29) is 37.3 Å². The Bertz CT molecular complexity index is 728. The van der Waals surface area contributed by atoms with Gasteiger partial charge in [0.05, 0.1) is 12.6 Å². The van der Waals surface area contributed by atoms with E-state index in [0.29, 0.717) is 4.99 Å².